The summed E-state index contributed by atoms with van der Waals surface area (Å²) in [5, 5.41) is 0. The summed E-state index contributed by atoms with van der Waals surface area (Å²) in [4.78, 5) is 38.3. The van der Waals surface area contributed by atoms with Crippen LogP contribution in [0.3, 0.4) is 0 Å². The first-order chi connectivity index (χ1) is 40.0. The molecule has 0 amide bonds. The minimum absolute atomic E-state index is 0.0880. The van der Waals surface area contributed by atoms with E-state index in [0.29, 0.717) is 19.3 Å². The van der Waals surface area contributed by atoms with E-state index in [4.69, 9.17) is 14.2 Å². The van der Waals surface area contributed by atoms with Gasteiger partial charge >= 0.3 is 17.9 Å². The molecule has 1 atom stereocenters. The van der Waals surface area contributed by atoms with Crippen molar-refractivity contribution in [3.63, 3.8) is 0 Å². The minimum atomic E-state index is -0.792. The van der Waals surface area contributed by atoms with Gasteiger partial charge in [0.05, 0.1) is 0 Å². The van der Waals surface area contributed by atoms with E-state index in [9.17, 15) is 14.4 Å². The predicted molar refractivity (Wildman–Crippen MR) is 353 cm³/mol. The third kappa shape index (κ3) is 66.2. The van der Waals surface area contributed by atoms with E-state index in [0.717, 1.165) is 135 Å². The van der Waals surface area contributed by atoms with Gasteiger partial charge in [-0.1, -0.05) is 283 Å². The first-order valence-electron chi connectivity index (χ1n) is 33.7. The van der Waals surface area contributed by atoms with E-state index >= 15 is 0 Å². The van der Waals surface area contributed by atoms with Crippen LogP contribution in [0.25, 0.3) is 0 Å². The molecule has 6 heteroatoms. The number of esters is 3. The Morgan fingerprint density at radius 3 is 0.765 bits per heavy atom. The number of hydrogen-bond acceptors (Lipinski definition) is 6. The SMILES string of the molecule is CC/C=C\C/C=C\C/C=C\C/C=C\C/C=C\C/C=C\C/C=C\CCCCCCCCCCCCCC(=O)OCC(COC(=O)CCCCCCC/C=C\CCCCCC)OC(=O)CCCCCCCCC/C=C\C/C=C\C/C=C\CC. The third-order valence-corrected chi connectivity index (χ3v) is 14.1. The quantitative estimate of drug-likeness (QED) is 0.0261. The highest BCUT2D eigenvalue weighted by Crippen LogP contribution is 2.16. The smallest absolute Gasteiger partial charge is 0.306 e. The molecule has 460 valence electrons. The molecule has 0 spiro atoms. The second-order valence-electron chi connectivity index (χ2n) is 22.0. The second kappa shape index (κ2) is 68.1. The molecule has 0 aliphatic heterocycles. The Kier molecular flexibility index (Phi) is 64.3. The molecule has 0 saturated carbocycles. The lowest BCUT2D eigenvalue weighted by Crippen LogP contribution is -2.30. The normalized spacial score (nSPS) is 13.0. The number of ether oxygens (including phenoxy) is 3. The first-order valence-corrected chi connectivity index (χ1v) is 33.7. The summed E-state index contributed by atoms with van der Waals surface area (Å²) in [7, 11) is 0. The lowest BCUT2D eigenvalue weighted by molar-refractivity contribution is -0.167. The highest BCUT2D eigenvalue weighted by Gasteiger charge is 2.19. The molecule has 0 rings (SSSR count). The number of unbranched alkanes of at least 4 members (excludes halogenated alkanes) is 27. The van der Waals surface area contributed by atoms with Crippen LogP contribution < -0.4 is 0 Å². The molecule has 0 bridgehead atoms. The Hall–Kier alpha value is -4.45. The summed E-state index contributed by atoms with van der Waals surface area (Å²) in [6.07, 6.45) is 96.1. The average molecular weight is 1120 g/mol. The van der Waals surface area contributed by atoms with Crippen molar-refractivity contribution in [3.8, 4) is 0 Å². The summed E-state index contributed by atoms with van der Waals surface area (Å²) in [5.74, 6) is -0.904. The van der Waals surface area contributed by atoms with Gasteiger partial charge in [-0.05, 0) is 135 Å². The molecule has 0 saturated heterocycles. The Labute approximate surface area is 500 Å². The maximum atomic E-state index is 12.9. The number of carbonyl (C=O) groups excluding carboxylic acids is 3. The molecule has 0 aliphatic carbocycles. The largest absolute Gasteiger partial charge is 0.462 e. The Bertz CT molecular complexity index is 1720. The van der Waals surface area contributed by atoms with Crippen LogP contribution in [0, 0.1) is 0 Å². The lowest BCUT2D eigenvalue weighted by Gasteiger charge is -2.18. The zero-order chi connectivity index (χ0) is 58.5. The van der Waals surface area contributed by atoms with Crippen molar-refractivity contribution >= 4 is 17.9 Å². The zero-order valence-electron chi connectivity index (χ0n) is 52.8. The van der Waals surface area contributed by atoms with Crippen LogP contribution in [0.15, 0.2) is 134 Å². The van der Waals surface area contributed by atoms with Crippen LogP contribution in [0.2, 0.25) is 0 Å². The van der Waals surface area contributed by atoms with Crippen molar-refractivity contribution in [1.29, 1.82) is 0 Å². The van der Waals surface area contributed by atoms with Crippen molar-refractivity contribution in [2.24, 2.45) is 0 Å². The summed E-state index contributed by atoms with van der Waals surface area (Å²) in [6, 6.07) is 0. The van der Waals surface area contributed by atoms with Gasteiger partial charge in [-0.15, -0.1) is 0 Å². The van der Waals surface area contributed by atoms with Gasteiger partial charge in [-0.3, -0.25) is 14.4 Å². The molecule has 6 nitrogen and oxygen atoms in total. The number of rotatable bonds is 60. The van der Waals surface area contributed by atoms with E-state index in [1.54, 1.807) is 0 Å². The fourth-order valence-electron chi connectivity index (χ4n) is 9.14. The molecule has 0 radical (unpaired) electrons. The minimum Gasteiger partial charge on any atom is -0.462 e. The van der Waals surface area contributed by atoms with Crippen molar-refractivity contribution < 1.29 is 28.6 Å². The second-order valence-corrected chi connectivity index (χ2v) is 22.0. The van der Waals surface area contributed by atoms with Crippen LogP contribution in [-0.4, -0.2) is 37.2 Å². The third-order valence-electron chi connectivity index (χ3n) is 14.1. The number of carbonyl (C=O) groups is 3. The van der Waals surface area contributed by atoms with Crippen molar-refractivity contribution in [1.82, 2.24) is 0 Å². The monoisotopic (exact) mass is 1120 g/mol. The summed E-state index contributed by atoms with van der Waals surface area (Å²) in [5.41, 5.74) is 0. The molecule has 0 fully saturated rings. The predicted octanol–water partition coefficient (Wildman–Crippen LogP) is 23.3. The van der Waals surface area contributed by atoms with E-state index in [1.807, 2.05) is 0 Å². The van der Waals surface area contributed by atoms with Crippen LogP contribution in [0.5, 0.6) is 0 Å². The molecule has 0 aromatic rings. The molecular weight excluding hydrogens is 997 g/mol. The lowest BCUT2D eigenvalue weighted by atomic mass is 10.0. The van der Waals surface area contributed by atoms with Gasteiger partial charge in [-0.25, -0.2) is 0 Å². The standard InChI is InChI=1S/C75H124O6/c1-4-7-10-13-16-19-22-25-27-29-30-31-32-33-34-35-36-37-38-39-40-41-42-43-44-46-47-50-53-56-59-62-65-68-74(77)80-71-72(70-79-73(76)67-64-61-58-55-52-49-24-21-18-15-12-9-6-3)81-75(78)69-66-63-60-57-54-51-48-45-28-26-23-20-17-14-11-8-5-2/h7-8,10-11,16-17,19-21,24-28,30-31,33-34,36-37,39-40,72H,4-6,9,12-15,18,22-23,29,32,35,38,41-71H2,1-3H3/b10-7-,11-8-,19-16-,20-17-,24-21-,27-25-,28-26-,31-30-,34-33-,37-36-,40-39-. The maximum absolute atomic E-state index is 12.9. The molecule has 1 unspecified atom stereocenters. The Morgan fingerprint density at radius 1 is 0.259 bits per heavy atom. The van der Waals surface area contributed by atoms with Crippen molar-refractivity contribution in [3.05, 3.63) is 134 Å². The summed E-state index contributed by atoms with van der Waals surface area (Å²) < 4.78 is 16.9. The van der Waals surface area contributed by atoms with Gasteiger partial charge < -0.3 is 14.2 Å². The number of allylic oxidation sites excluding steroid dienone is 22. The van der Waals surface area contributed by atoms with Gasteiger partial charge in [0.1, 0.15) is 13.2 Å². The summed E-state index contributed by atoms with van der Waals surface area (Å²) >= 11 is 0. The molecule has 0 N–H and O–H groups in total. The zero-order valence-corrected chi connectivity index (χ0v) is 52.8. The maximum Gasteiger partial charge on any atom is 0.306 e. The van der Waals surface area contributed by atoms with E-state index in [-0.39, 0.29) is 31.1 Å². The fourth-order valence-corrected chi connectivity index (χ4v) is 9.14. The van der Waals surface area contributed by atoms with Gasteiger partial charge in [0.15, 0.2) is 6.10 Å². The molecular formula is C75H124O6. The fraction of sp³-hybridized carbons (Fsp3) is 0.667. The molecule has 0 aliphatic rings. The van der Waals surface area contributed by atoms with Gasteiger partial charge in [0, 0.05) is 19.3 Å². The topological polar surface area (TPSA) is 78.9 Å². The van der Waals surface area contributed by atoms with Crippen LogP contribution in [-0.2, 0) is 28.6 Å². The Balaban J connectivity index is 4.26. The molecule has 81 heavy (non-hydrogen) atoms. The van der Waals surface area contributed by atoms with Gasteiger partial charge in [-0.2, -0.15) is 0 Å². The van der Waals surface area contributed by atoms with E-state index < -0.39 is 6.10 Å². The first kappa shape index (κ1) is 76.5. The van der Waals surface area contributed by atoms with Crippen LogP contribution in [0.4, 0.5) is 0 Å². The van der Waals surface area contributed by atoms with E-state index in [1.165, 1.54) is 128 Å². The summed E-state index contributed by atoms with van der Waals surface area (Å²) in [6.45, 7) is 6.40. The van der Waals surface area contributed by atoms with Gasteiger partial charge in [0.2, 0.25) is 0 Å². The van der Waals surface area contributed by atoms with Crippen LogP contribution >= 0.6 is 0 Å². The highest BCUT2D eigenvalue weighted by molar-refractivity contribution is 5.71. The molecule has 0 aromatic heterocycles. The number of hydrogen-bond donors (Lipinski definition) is 0. The Morgan fingerprint density at radius 2 is 0.481 bits per heavy atom. The highest BCUT2D eigenvalue weighted by atomic mass is 16.6. The average Bonchev–Trinajstić information content (AvgIpc) is 3.46. The molecule has 0 aromatic carbocycles. The van der Waals surface area contributed by atoms with Crippen molar-refractivity contribution in [2.45, 2.75) is 309 Å². The van der Waals surface area contributed by atoms with Crippen LogP contribution in [0.1, 0.15) is 303 Å². The van der Waals surface area contributed by atoms with Crippen molar-refractivity contribution in [2.75, 3.05) is 13.2 Å². The van der Waals surface area contributed by atoms with Gasteiger partial charge in [0.25, 0.3) is 0 Å². The van der Waals surface area contributed by atoms with E-state index in [2.05, 4.69) is 154 Å². The molecule has 0 heterocycles.